The van der Waals surface area contributed by atoms with Gasteiger partial charge in [0.2, 0.25) is 0 Å². The van der Waals surface area contributed by atoms with E-state index in [2.05, 4.69) is 10.3 Å². The molecule has 1 saturated carbocycles. The Morgan fingerprint density at radius 2 is 1.76 bits per heavy atom. The molecule has 1 aliphatic heterocycles. The molecule has 2 fully saturated rings. The van der Waals surface area contributed by atoms with Crippen LogP contribution in [-0.2, 0) is 6.18 Å². The lowest BCUT2D eigenvalue weighted by molar-refractivity contribution is -0.137. The van der Waals surface area contributed by atoms with Gasteiger partial charge in [-0.1, -0.05) is 11.6 Å². The standard InChI is InChI=1S/C14H17ClF3N3/c15-12-7-9(14(16,17)18)8-19-13(12)21-5-3-11(4-6-21)20-10-1-2-10/h7-8,10-11,20H,1-6H2. The van der Waals surface area contributed by atoms with Gasteiger partial charge in [-0.05, 0) is 31.7 Å². The largest absolute Gasteiger partial charge is 0.417 e. The van der Waals surface area contributed by atoms with E-state index in [0.717, 1.165) is 38.2 Å². The summed E-state index contributed by atoms with van der Waals surface area (Å²) in [5, 5.41) is 3.65. The topological polar surface area (TPSA) is 28.2 Å². The second-order valence-corrected chi connectivity index (χ2v) is 6.14. The molecule has 0 spiro atoms. The Hall–Kier alpha value is -1.01. The van der Waals surface area contributed by atoms with Gasteiger partial charge in [0, 0.05) is 31.4 Å². The molecule has 7 heteroatoms. The van der Waals surface area contributed by atoms with E-state index in [0.29, 0.717) is 17.9 Å². The third kappa shape index (κ3) is 3.61. The molecule has 116 valence electrons. The third-order valence-corrected chi connectivity index (χ3v) is 4.27. The molecule has 0 atom stereocenters. The van der Waals surface area contributed by atoms with Gasteiger partial charge in [-0.15, -0.1) is 0 Å². The molecule has 1 aliphatic carbocycles. The van der Waals surface area contributed by atoms with Crippen molar-refractivity contribution in [3.63, 3.8) is 0 Å². The zero-order chi connectivity index (χ0) is 15.0. The summed E-state index contributed by atoms with van der Waals surface area (Å²) >= 11 is 5.98. The van der Waals surface area contributed by atoms with Crippen LogP contribution in [0.25, 0.3) is 0 Å². The van der Waals surface area contributed by atoms with E-state index >= 15 is 0 Å². The van der Waals surface area contributed by atoms with E-state index in [1.807, 2.05) is 4.90 Å². The van der Waals surface area contributed by atoms with Crippen molar-refractivity contribution < 1.29 is 13.2 Å². The molecule has 0 bridgehead atoms. The molecule has 21 heavy (non-hydrogen) atoms. The van der Waals surface area contributed by atoms with Crippen LogP contribution in [0.2, 0.25) is 5.02 Å². The van der Waals surface area contributed by atoms with Gasteiger partial charge < -0.3 is 10.2 Å². The second kappa shape index (κ2) is 5.65. The highest BCUT2D eigenvalue weighted by Gasteiger charge is 2.33. The molecule has 1 aromatic heterocycles. The van der Waals surface area contributed by atoms with Crippen LogP contribution in [0.5, 0.6) is 0 Å². The summed E-state index contributed by atoms with van der Waals surface area (Å²) < 4.78 is 37.8. The SMILES string of the molecule is FC(F)(F)c1cnc(N2CCC(NC3CC3)CC2)c(Cl)c1. The lowest BCUT2D eigenvalue weighted by atomic mass is 10.0. The van der Waals surface area contributed by atoms with Crippen LogP contribution in [0.1, 0.15) is 31.2 Å². The number of hydrogen-bond acceptors (Lipinski definition) is 3. The van der Waals surface area contributed by atoms with E-state index in [4.69, 9.17) is 11.6 Å². The van der Waals surface area contributed by atoms with Crippen LogP contribution in [0.3, 0.4) is 0 Å². The van der Waals surface area contributed by atoms with Crippen LogP contribution >= 0.6 is 11.6 Å². The summed E-state index contributed by atoms with van der Waals surface area (Å²) in [4.78, 5) is 5.89. The van der Waals surface area contributed by atoms with Crippen molar-refractivity contribution in [1.29, 1.82) is 0 Å². The van der Waals surface area contributed by atoms with Gasteiger partial charge >= 0.3 is 6.18 Å². The fraction of sp³-hybridized carbons (Fsp3) is 0.643. The minimum Gasteiger partial charge on any atom is -0.355 e. The number of aromatic nitrogens is 1. The Morgan fingerprint density at radius 1 is 1.14 bits per heavy atom. The summed E-state index contributed by atoms with van der Waals surface area (Å²) in [5.74, 6) is 0.453. The van der Waals surface area contributed by atoms with E-state index in [1.165, 1.54) is 12.8 Å². The molecule has 1 N–H and O–H groups in total. The Morgan fingerprint density at radius 3 is 2.29 bits per heavy atom. The number of piperidine rings is 1. The van der Waals surface area contributed by atoms with E-state index in [9.17, 15) is 13.2 Å². The number of halogens is 4. The monoisotopic (exact) mass is 319 g/mol. The van der Waals surface area contributed by atoms with Gasteiger partial charge in [-0.3, -0.25) is 0 Å². The molecule has 0 amide bonds. The molecule has 3 rings (SSSR count). The first-order valence-corrected chi connectivity index (χ1v) is 7.55. The molecule has 3 nitrogen and oxygen atoms in total. The molecular formula is C14H17ClF3N3. The average molecular weight is 320 g/mol. The molecule has 0 radical (unpaired) electrons. The quantitative estimate of drug-likeness (QED) is 0.924. The molecule has 2 heterocycles. The highest BCUT2D eigenvalue weighted by Crippen LogP contribution is 2.34. The first-order valence-electron chi connectivity index (χ1n) is 7.17. The van der Waals surface area contributed by atoms with Crippen molar-refractivity contribution in [3.8, 4) is 0 Å². The second-order valence-electron chi connectivity index (χ2n) is 5.73. The summed E-state index contributed by atoms with van der Waals surface area (Å²) in [6, 6.07) is 2.13. The van der Waals surface area contributed by atoms with Gasteiger partial charge in [0.15, 0.2) is 0 Å². The normalized spacial score (nSPS) is 20.9. The van der Waals surface area contributed by atoms with Crippen LogP contribution < -0.4 is 10.2 Å². The fourth-order valence-corrected chi connectivity index (χ4v) is 2.95. The smallest absolute Gasteiger partial charge is 0.355 e. The minimum absolute atomic E-state index is 0.0680. The number of hydrogen-bond donors (Lipinski definition) is 1. The lowest BCUT2D eigenvalue weighted by Crippen LogP contribution is -2.43. The summed E-state index contributed by atoms with van der Waals surface area (Å²) in [7, 11) is 0. The Balaban J connectivity index is 1.64. The van der Waals surface area contributed by atoms with E-state index in [1.54, 1.807) is 0 Å². The summed E-state index contributed by atoms with van der Waals surface area (Å²) in [6.07, 6.45) is 0.899. The predicted octanol–water partition coefficient (Wildman–Crippen LogP) is 3.47. The van der Waals surface area contributed by atoms with Crippen molar-refractivity contribution in [2.75, 3.05) is 18.0 Å². The van der Waals surface area contributed by atoms with Gasteiger partial charge in [0.1, 0.15) is 5.82 Å². The van der Waals surface area contributed by atoms with Gasteiger partial charge in [-0.2, -0.15) is 13.2 Å². The van der Waals surface area contributed by atoms with Crippen molar-refractivity contribution in [3.05, 3.63) is 22.8 Å². The molecule has 1 aromatic rings. The zero-order valence-electron chi connectivity index (χ0n) is 11.5. The van der Waals surface area contributed by atoms with Gasteiger partial charge in [-0.25, -0.2) is 4.98 Å². The maximum absolute atomic E-state index is 12.6. The van der Waals surface area contributed by atoms with E-state index < -0.39 is 11.7 Å². The van der Waals surface area contributed by atoms with Gasteiger partial charge in [0.05, 0.1) is 10.6 Å². The van der Waals surface area contributed by atoms with Crippen molar-refractivity contribution in [1.82, 2.24) is 10.3 Å². The van der Waals surface area contributed by atoms with Crippen LogP contribution in [0.4, 0.5) is 19.0 Å². The highest BCUT2D eigenvalue weighted by molar-refractivity contribution is 6.33. The molecule has 2 aliphatic rings. The molecule has 1 saturated heterocycles. The average Bonchev–Trinajstić information content (AvgIpc) is 3.23. The van der Waals surface area contributed by atoms with Crippen molar-refractivity contribution in [2.24, 2.45) is 0 Å². The van der Waals surface area contributed by atoms with E-state index in [-0.39, 0.29) is 5.02 Å². The first-order chi connectivity index (χ1) is 9.93. The predicted molar refractivity (Wildman–Crippen MR) is 75.6 cm³/mol. The Kier molecular flexibility index (Phi) is 4.01. The van der Waals surface area contributed by atoms with Crippen molar-refractivity contribution >= 4 is 17.4 Å². The number of pyridine rings is 1. The summed E-state index contributed by atoms with van der Waals surface area (Å²) in [5.41, 5.74) is -0.804. The van der Waals surface area contributed by atoms with Crippen molar-refractivity contribution in [2.45, 2.75) is 43.9 Å². The Bertz CT molecular complexity index is 509. The molecule has 0 aromatic carbocycles. The Labute approximate surface area is 126 Å². The number of rotatable bonds is 3. The molecular weight excluding hydrogens is 303 g/mol. The van der Waals surface area contributed by atoms with Crippen LogP contribution in [-0.4, -0.2) is 30.2 Å². The van der Waals surface area contributed by atoms with Crippen LogP contribution in [0, 0.1) is 0 Å². The number of anilines is 1. The maximum atomic E-state index is 12.6. The first kappa shape index (κ1) is 14.9. The molecule has 0 unspecified atom stereocenters. The lowest BCUT2D eigenvalue weighted by Gasteiger charge is -2.33. The van der Waals surface area contributed by atoms with Gasteiger partial charge in [0.25, 0.3) is 0 Å². The number of nitrogens with zero attached hydrogens (tertiary/aromatic N) is 2. The zero-order valence-corrected chi connectivity index (χ0v) is 12.2. The number of alkyl halides is 3. The summed E-state index contributed by atoms with van der Waals surface area (Å²) in [6.45, 7) is 1.53. The maximum Gasteiger partial charge on any atom is 0.417 e. The fourth-order valence-electron chi connectivity index (χ4n) is 2.66. The number of nitrogens with one attached hydrogen (secondary N) is 1. The highest BCUT2D eigenvalue weighted by atomic mass is 35.5. The van der Waals surface area contributed by atoms with Crippen LogP contribution in [0.15, 0.2) is 12.3 Å². The third-order valence-electron chi connectivity index (χ3n) is 3.99. The minimum atomic E-state index is -4.41.